The number of aromatic nitrogens is 4. The zero-order valence-electron chi connectivity index (χ0n) is 15.5. The fourth-order valence-corrected chi connectivity index (χ4v) is 2.80. The van der Waals surface area contributed by atoms with Crippen molar-refractivity contribution in [3.8, 4) is 5.75 Å². The third-order valence-corrected chi connectivity index (χ3v) is 4.20. The van der Waals surface area contributed by atoms with E-state index in [1.54, 1.807) is 21.0 Å². The SMILES string of the molecule is C[C@@H](c1ccc(OC(F)(F)F)c(F)c1)n1nc(CF)c2c(=O)[nH]c(N(C)C)nc21. The van der Waals surface area contributed by atoms with E-state index in [1.165, 1.54) is 15.6 Å². The number of hydrogen-bond acceptors (Lipinski definition) is 5. The first-order valence-corrected chi connectivity index (χ1v) is 8.31. The Kier molecular flexibility index (Phi) is 5.20. The van der Waals surface area contributed by atoms with Gasteiger partial charge in [0.1, 0.15) is 17.8 Å². The summed E-state index contributed by atoms with van der Waals surface area (Å²) in [6.45, 7) is 0.529. The van der Waals surface area contributed by atoms with Crippen LogP contribution in [0.4, 0.5) is 27.9 Å². The summed E-state index contributed by atoms with van der Waals surface area (Å²) in [5.74, 6) is -2.01. The molecule has 0 unspecified atom stereocenters. The van der Waals surface area contributed by atoms with E-state index < -0.39 is 36.2 Å². The van der Waals surface area contributed by atoms with E-state index in [-0.39, 0.29) is 28.2 Å². The van der Waals surface area contributed by atoms with Gasteiger partial charge in [-0.2, -0.15) is 10.1 Å². The fourth-order valence-electron chi connectivity index (χ4n) is 2.80. The zero-order valence-corrected chi connectivity index (χ0v) is 15.5. The van der Waals surface area contributed by atoms with Gasteiger partial charge in [-0.1, -0.05) is 6.07 Å². The highest BCUT2D eigenvalue weighted by Crippen LogP contribution is 2.30. The molecule has 0 saturated heterocycles. The quantitative estimate of drug-likeness (QED) is 0.645. The van der Waals surface area contributed by atoms with Crippen molar-refractivity contribution in [2.75, 3.05) is 19.0 Å². The predicted octanol–water partition coefficient (Wildman–Crippen LogP) is 3.30. The largest absolute Gasteiger partial charge is 0.573 e. The van der Waals surface area contributed by atoms with E-state index in [0.717, 1.165) is 12.1 Å². The summed E-state index contributed by atoms with van der Waals surface area (Å²) in [5, 5.41) is 4.01. The van der Waals surface area contributed by atoms with E-state index in [1.807, 2.05) is 0 Å². The molecule has 2 aromatic heterocycles. The lowest BCUT2D eigenvalue weighted by Crippen LogP contribution is -2.20. The number of benzene rings is 1. The lowest BCUT2D eigenvalue weighted by molar-refractivity contribution is -0.275. The van der Waals surface area contributed by atoms with Crippen LogP contribution in [0.3, 0.4) is 0 Å². The van der Waals surface area contributed by atoms with Gasteiger partial charge in [0.25, 0.3) is 5.56 Å². The summed E-state index contributed by atoms with van der Waals surface area (Å²) in [5.41, 5.74) is -0.456. The molecule has 12 heteroatoms. The van der Waals surface area contributed by atoms with Gasteiger partial charge in [0.05, 0.1) is 6.04 Å². The second-order valence-corrected chi connectivity index (χ2v) is 6.42. The van der Waals surface area contributed by atoms with Crippen LogP contribution >= 0.6 is 0 Å². The second kappa shape index (κ2) is 7.33. The van der Waals surface area contributed by atoms with Crippen molar-refractivity contribution in [1.29, 1.82) is 0 Å². The van der Waals surface area contributed by atoms with Crippen molar-refractivity contribution in [2.24, 2.45) is 0 Å². The van der Waals surface area contributed by atoms with Gasteiger partial charge in [-0.15, -0.1) is 13.2 Å². The number of aromatic amines is 1. The summed E-state index contributed by atoms with van der Waals surface area (Å²) in [7, 11) is 3.28. The number of alkyl halides is 4. The molecule has 0 aliphatic carbocycles. The molecular weight excluding hydrogens is 401 g/mol. The highest BCUT2D eigenvalue weighted by atomic mass is 19.4. The molecule has 3 aromatic rings. The molecule has 0 aliphatic rings. The van der Waals surface area contributed by atoms with Crippen LogP contribution in [-0.4, -0.2) is 40.2 Å². The van der Waals surface area contributed by atoms with Crippen LogP contribution in [0.2, 0.25) is 0 Å². The summed E-state index contributed by atoms with van der Waals surface area (Å²) < 4.78 is 69.3. The molecule has 2 heterocycles. The summed E-state index contributed by atoms with van der Waals surface area (Å²) in [6.07, 6.45) is -5.03. The maximum atomic E-state index is 14.1. The van der Waals surface area contributed by atoms with Crippen molar-refractivity contribution < 1.29 is 26.7 Å². The van der Waals surface area contributed by atoms with Crippen LogP contribution in [-0.2, 0) is 6.67 Å². The summed E-state index contributed by atoms with van der Waals surface area (Å²) >= 11 is 0. The number of fused-ring (bicyclic) bond motifs is 1. The van der Waals surface area contributed by atoms with Gasteiger partial charge < -0.3 is 9.64 Å². The molecule has 0 amide bonds. The number of anilines is 1. The number of nitrogens with one attached hydrogen (secondary N) is 1. The van der Waals surface area contributed by atoms with Gasteiger partial charge in [-0.25, -0.2) is 13.5 Å². The van der Waals surface area contributed by atoms with Crippen LogP contribution in [0.1, 0.15) is 24.2 Å². The minimum absolute atomic E-state index is 0.0533. The molecule has 3 rings (SSSR count). The molecule has 0 aliphatic heterocycles. The van der Waals surface area contributed by atoms with Crippen molar-refractivity contribution in [3.63, 3.8) is 0 Å². The number of H-pyrrole nitrogens is 1. The molecule has 0 spiro atoms. The van der Waals surface area contributed by atoms with Gasteiger partial charge in [-0.3, -0.25) is 9.78 Å². The molecule has 1 aromatic carbocycles. The van der Waals surface area contributed by atoms with E-state index in [0.29, 0.717) is 0 Å². The standard InChI is InChI=1S/C17H16F5N5O2/c1-8(9-4-5-12(10(19)6-9)29-17(20,21)22)27-14-13(11(7-18)25-27)15(28)24-16(23-14)26(2)3/h4-6,8H,7H2,1-3H3,(H,23,24,28)/t8-/m0/s1. The van der Waals surface area contributed by atoms with Crippen molar-refractivity contribution in [1.82, 2.24) is 19.7 Å². The van der Waals surface area contributed by atoms with Crippen molar-refractivity contribution in [2.45, 2.75) is 26.0 Å². The van der Waals surface area contributed by atoms with Crippen molar-refractivity contribution >= 4 is 17.0 Å². The summed E-state index contributed by atoms with van der Waals surface area (Å²) in [6, 6.07) is 2.14. The average Bonchev–Trinajstić information content (AvgIpc) is 3.01. The van der Waals surface area contributed by atoms with Crippen LogP contribution in [0, 0.1) is 5.82 Å². The Balaban J connectivity index is 2.10. The van der Waals surface area contributed by atoms with Crippen LogP contribution in [0.25, 0.3) is 11.0 Å². The first-order chi connectivity index (χ1) is 13.5. The molecule has 0 radical (unpaired) electrons. The van der Waals surface area contributed by atoms with Crippen molar-refractivity contribution in [3.05, 3.63) is 45.6 Å². The van der Waals surface area contributed by atoms with Crippen LogP contribution in [0.5, 0.6) is 5.75 Å². The summed E-state index contributed by atoms with van der Waals surface area (Å²) in [4.78, 5) is 20.7. The average molecular weight is 417 g/mol. The van der Waals surface area contributed by atoms with E-state index in [9.17, 15) is 26.7 Å². The number of nitrogens with zero attached hydrogens (tertiary/aromatic N) is 4. The maximum Gasteiger partial charge on any atom is 0.573 e. The molecule has 0 fully saturated rings. The normalized spacial score (nSPS) is 13.0. The minimum atomic E-state index is -5.03. The molecule has 7 nitrogen and oxygen atoms in total. The highest BCUT2D eigenvalue weighted by molar-refractivity contribution is 5.78. The van der Waals surface area contributed by atoms with E-state index in [2.05, 4.69) is 19.8 Å². The van der Waals surface area contributed by atoms with Crippen LogP contribution in [0.15, 0.2) is 23.0 Å². The predicted molar refractivity (Wildman–Crippen MR) is 94.2 cm³/mol. The molecule has 0 bridgehead atoms. The lowest BCUT2D eigenvalue weighted by atomic mass is 10.1. The Hall–Kier alpha value is -3.18. The Bertz CT molecular complexity index is 1110. The molecule has 29 heavy (non-hydrogen) atoms. The minimum Gasteiger partial charge on any atom is -0.403 e. The molecule has 1 atom stereocenters. The molecule has 1 N–H and O–H groups in total. The Morgan fingerprint density at radius 1 is 1.31 bits per heavy atom. The van der Waals surface area contributed by atoms with Gasteiger partial charge in [0.2, 0.25) is 5.95 Å². The third-order valence-electron chi connectivity index (χ3n) is 4.20. The highest BCUT2D eigenvalue weighted by Gasteiger charge is 2.32. The first kappa shape index (κ1) is 20.6. The van der Waals surface area contributed by atoms with Gasteiger partial charge >= 0.3 is 6.36 Å². The van der Waals surface area contributed by atoms with Gasteiger partial charge in [0.15, 0.2) is 17.2 Å². The number of hydrogen-bond donors (Lipinski definition) is 1. The monoisotopic (exact) mass is 417 g/mol. The van der Waals surface area contributed by atoms with Crippen LogP contribution < -0.4 is 15.2 Å². The van der Waals surface area contributed by atoms with Gasteiger partial charge in [0, 0.05) is 14.1 Å². The molecular formula is C17H16F5N5O2. The number of rotatable bonds is 5. The smallest absolute Gasteiger partial charge is 0.403 e. The Labute approximate surface area is 160 Å². The second-order valence-electron chi connectivity index (χ2n) is 6.42. The lowest BCUT2D eigenvalue weighted by Gasteiger charge is -2.16. The van der Waals surface area contributed by atoms with E-state index >= 15 is 0 Å². The van der Waals surface area contributed by atoms with E-state index in [4.69, 9.17) is 0 Å². The molecule has 156 valence electrons. The zero-order chi connectivity index (χ0) is 21.5. The Morgan fingerprint density at radius 2 is 2.00 bits per heavy atom. The maximum absolute atomic E-state index is 14.1. The molecule has 0 saturated carbocycles. The third kappa shape index (κ3) is 4.00. The Morgan fingerprint density at radius 3 is 2.55 bits per heavy atom. The number of halogens is 5. The topological polar surface area (TPSA) is 76.0 Å². The van der Waals surface area contributed by atoms with Gasteiger partial charge in [-0.05, 0) is 24.6 Å². The number of ether oxygens (including phenoxy) is 1. The fraction of sp³-hybridized carbons (Fsp3) is 0.353. The first-order valence-electron chi connectivity index (χ1n) is 8.31.